The van der Waals surface area contributed by atoms with Crippen LogP contribution in [0.5, 0.6) is 0 Å². The van der Waals surface area contributed by atoms with E-state index in [0.717, 1.165) is 0 Å². The lowest BCUT2D eigenvalue weighted by Gasteiger charge is -2.06. The summed E-state index contributed by atoms with van der Waals surface area (Å²) in [6.07, 6.45) is 1.53. The summed E-state index contributed by atoms with van der Waals surface area (Å²) < 4.78 is 5.47. The van der Waals surface area contributed by atoms with Crippen LogP contribution >= 0.6 is 15.9 Å². The minimum atomic E-state index is -0.222. The summed E-state index contributed by atoms with van der Waals surface area (Å²) in [4.78, 5) is 11.9. The van der Waals surface area contributed by atoms with E-state index in [0.29, 0.717) is 28.0 Å². The number of carbonyl (C=O) groups excluding carboxylic acids is 1. The summed E-state index contributed by atoms with van der Waals surface area (Å²) >= 11 is 3.28. The normalized spacial score (nSPS) is 10.2. The summed E-state index contributed by atoms with van der Waals surface area (Å²) in [7, 11) is 0. The number of hydrogen-bond donors (Lipinski definition) is 2. The molecule has 0 bridgehead atoms. The summed E-state index contributed by atoms with van der Waals surface area (Å²) in [5.74, 6) is 0.374. The third-order valence-electron chi connectivity index (χ3n) is 2.19. The van der Waals surface area contributed by atoms with Crippen LogP contribution in [0.3, 0.4) is 0 Å². The molecular formula is C11H10BrN3O2. The van der Waals surface area contributed by atoms with E-state index in [9.17, 15) is 4.79 Å². The highest BCUT2D eigenvalue weighted by molar-refractivity contribution is 9.10. The molecule has 5 nitrogen and oxygen atoms in total. The van der Waals surface area contributed by atoms with E-state index >= 15 is 0 Å². The number of halogens is 1. The lowest BCUT2D eigenvalue weighted by atomic mass is 10.2. The number of nitrogens with zero attached hydrogens (tertiary/aromatic N) is 1. The monoisotopic (exact) mass is 295 g/mol. The van der Waals surface area contributed by atoms with Crippen LogP contribution < -0.4 is 11.1 Å². The fraction of sp³-hybridized carbons (Fsp3) is 0.0909. The van der Waals surface area contributed by atoms with Crippen LogP contribution in [-0.2, 0) is 6.54 Å². The first-order chi connectivity index (χ1) is 8.18. The molecule has 0 aliphatic carbocycles. The van der Waals surface area contributed by atoms with Crippen molar-refractivity contribution in [2.75, 3.05) is 5.73 Å². The summed E-state index contributed by atoms with van der Waals surface area (Å²) in [6, 6.07) is 6.83. The maximum absolute atomic E-state index is 11.9. The zero-order valence-corrected chi connectivity index (χ0v) is 10.4. The molecule has 0 fully saturated rings. The molecule has 0 saturated carbocycles. The molecule has 0 unspecified atom stereocenters. The second kappa shape index (κ2) is 5.01. The van der Waals surface area contributed by atoms with Gasteiger partial charge in [0.15, 0.2) is 5.76 Å². The highest BCUT2D eigenvalue weighted by Gasteiger charge is 2.11. The van der Waals surface area contributed by atoms with Crippen molar-refractivity contribution in [3.63, 3.8) is 0 Å². The minimum Gasteiger partial charge on any atom is -0.398 e. The van der Waals surface area contributed by atoms with Gasteiger partial charge < -0.3 is 15.6 Å². The van der Waals surface area contributed by atoms with Gasteiger partial charge in [0.05, 0.1) is 22.8 Å². The van der Waals surface area contributed by atoms with Crippen LogP contribution in [0.4, 0.5) is 5.69 Å². The van der Waals surface area contributed by atoms with Gasteiger partial charge in [-0.3, -0.25) is 4.79 Å². The quantitative estimate of drug-likeness (QED) is 0.848. The van der Waals surface area contributed by atoms with Gasteiger partial charge in [-0.2, -0.15) is 0 Å². The standard InChI is InChI=1S/C11H10BrN3O2/c12-10-8(2-1-3-9(10)13)11(16)14-6-7-4-5-15-17-7/h1-5H,6,13H2,(H,14,16). The van der Waals surface area contributed by atoms with E-state index in [-0.39, 0.29) is 5.91 Å². The second-order valence-corrected chi connectivity index (χ2v) is 4.16. The molecular weight excluding hydrogens is 286 g/mol. The summed E-state index contributed by atoms with van der Waals surface area (Å²) in [5.41, 5.74) is 6.71. The molecule has 2 rings (SSSR count). The predicted octanol–water partition coefficient (Wildman–Crippen LogP) is 1.95. The van der Waals surface area contributed by atoms with Crippen molar-refractivity contribution in [3.8, 4) is 0 Å². The first-order valence-corrected chi connectivity index (χ1v) is 5.69. The largest absolute Gasteiger partial charge is 0.398 e. The molecule has 1 heterocycles. The van der Waals surface area contributed by atoms with E-state index in [2.05, 4.69) is 26.4 Å². The van der Waals surface area contributed by atoms with Crippen molar-refractivity contribution in [2.24, 2.45) is 0 Å². The summed E-state index contributed by atoms with van der Waals surface area (Å²) in [5, 5.41) is 6.26. The van der Waals surface area contributed by atoms with Crippen molar-refractivity contribution in [2.45, 2.75) is 6.54 Å². The van der Waals surface area contributed by atoms with Crippen LogP contribution in [0.2, 0.25) is 0 Å². The zero-order valence-electron chi connectivity index (χ0n) is 8.81. The fourth-order valence-electron chi connectivity index (χ4n) is 1.32. The van der Waals surface area contributed by atoms with E-state index in [1.807, 2.05) is 0 Å². The van der Waals surface area contributed by atoms with Crippen LogP contribution in [0.15, 0.2) is 39.5 Å². The van der Waals surface area contributed by atoms with Gasteiger partial charge in [-0.05, 0) is 28.1 Å². The van der Waals surface area contributed by atoms with E-state index in [1.165, 1.54) is 6.20 Å². The number of carbonyl (C=O) groups is 1. The van der Waals surface area contributed by atoms with Gasteiger partial charge in [0.2, 0.25) is 0 Å². The Labute approximate surface area is 106 Å². The molecule has 3 N–H and O–H groups in total. The molecule has 0 saturated heterocycles. The van der Waals surface area contributed by atoms with Gasteiger partial charge in [-0.1, -0.05) is 11.2 Å². The van der Waals surface area contributed by atoms with Gasteiger partial charge in [0, 0.05) is 11.8 Å². The average Bonchev–Trinajstić information content (AvgIpc) is 2.82. The number of nitrogens with one attached hydrogen (secondary N) is 1. The molecule has 2 aromatic rings. The number of aromatic nitrogens is 1. The van der Waals surface area contributed by atoms with E-state index < -0.39 is 0 Å². The third kappa shape index (κ3) is 2.65. The Bertz CT molecular complexity index is 526. The number of nitrogens with two attached hydrogens (primary N) is 1. The highest BCUT2D eigenvalue weighted by atomic mass is 79.9. The van der Waals surface area contributed by atoms with Gasteiger partial charge in [-0.15, -0.1) is 0 Å². The van der Waals surface area contributed by atoms with Gasteiger partial charge >= 0.3 is 0 Å². The molecule has 0 atom stereocenters. The molecule has 1 amide bonds. The molecule has 0 aliphatic rings. The van der Waals surface area contributed by atoms with E-state index in [1.54, 1.807) is 24.3 Å². The Morgan fingerprint density at radius 3 is 3.00 bits per heavy atom. The molecule has 1 aromatic carbocycles. The Hall–Kier alpha value is -1.82. The van der Waals surface area contributed by atoms with Gasteiger partial charge in [0.25, 0.3) is 5.91 Å². The maximum atomic E-state index is 11.9. The number of hydrogen-bond acceptors (Lipinski definition) is 4. The third-order valence-corrected chi connectivity index (χ3v) is 3.07. The maximum Gasteiger partial charge on any atom is 0.252 e. The van der Waals surface area contributed by atoms with Crippen LogP contribution in [0, 0.1) is 0 Å². The molecule has 0 aliphatic heterocycles. The van der Waals surface area contributed by atoms with Crippen molar-refractivity contribution >= 4 is 27.5 Å². The lowest BCUT2D eigenvalue weighted by molar-refractivity contribution is 0.0946. The van der Waals surface area contributed by atoms with Gasteiger partial charge in [0.1, 0.15) is 0 Å². The molecule has 17 heavy (non-hydrogen) atoms. The van der Waals surface area contributed by atoms with Crippen LogP contribution in [0.25, 0.3) is 0 Å². The number of nitrogen functional groups attached to an aromatic ring is 1. The van der Waals surface area contributed by atoms with E-state index in [4.69, 9.17) is 10.3 Å². The zero-order chi connectivity index (χ0) is 12.3. The van der Waals surface area contributed by atoms with Crippen molar-refractivity contribution in [1.82, 2.24) is 10.5 Å². The second-order valence-electron chi connectivity index (χ2n) is 3.37. The minimum absolute atomic E-state index is 0.222. The Morgan fingerprint density at radius 2 is 2.29 bits per heavy atom. The van der Waals surface area contributed by atoms with Crippen molar-refractivity contribution < 1.29 is 9.32 Å². The number of amides is 1. The van der Waals surface area contributed by atoms with Crippen molar-refractivity contribution in [3.05, 3.63) is 46.3 Å². The Morgan fingerprint density at radius 1 is 1.47 bits per heavy atom. The first kappa shape index (κ1) is 11.7. The average molecular weight is 296 g/mol. The molecule has 0 radical (unpaired) electrons. The van der Waals surface area contributed by atoms with Crippen LogP contribution in [-0.4, -0.2) is 11.1 Å². The molecule has 88 valence electrons. The van der Waals surface area contributed by atoms with Crippen molar-refractivity contribution in [1.29, 1.82) is 0 Å². The SMILES string of the molecule is Nc1cccc(C(=O)NCc2ccno2)c1Br. The Balaban J connectivity index is 2.07. The highest BCUT2D eigenvalue weighted by Crippen LogP contribution is 2.23. The number of anilines is 1. The summed E-state index contributed by atoms with van der Waals surface area (Å²) in [6.45, 7) is 0.292. The molecule has 0 spiro atoms. The molecule has 6 heteroatoms. The topological polar surface area (TPSA) is 81.2 Å². The number of rotatable bonds is 3. The molecule has 1 aromatic heterocycles. The number of benzene rings is 1. The first-order valence-electron chi connectivity index (χ1n) is 4.90. The Kier molecular flexibility index (Phi) is 3.43. The fourth-order valence-corrected chi connectivity index (χ4v) is 1.77. The van der Waals surface area contributed by atoms with Crippen LogP contribution in [0.1, 0.15) is 16.1 Å². The lowest BCUT2D eigenvalue weighted by Crippen LogP contribution is -2.23. The van der Waals surface area contributed by atoms with Gasteiger partial charge in [-0.25, -0.2) is 0 Å². The predicted molar refractivity (Wildman–Crippen MR) is 66.2 cm³/mol. The smallest absolute Gasteiger partial charge is 0.252 e.